The molecule has 0 radical (unpaired) electrons. The van der Waals surface area contributed by atoms with Gasteiger partial charge in [-0.3, -0.25) is 0 Å². The zero-order chi connectivity index (χ0) is 8.69. The Hall–Kier alpha value is -0.0400. The van der Waals surface area contributed by atoms with Gasteiger partial charge in [0.15, 0.2) is 0 Å². The summed E-state index contributed by atoms with van der Waals surface area (Å²) in [6.45, 7) is 9.26. The molecular weight excluding hydrogens is 134 g/mol. The van der Waals surface area contributed by atoms with E-state index in [1.807, 2.05) is 0 Å². The van der Waals surface area contributed by atoms with Crippen molar-refractivity contribution < 1.29 is 0 Å². The van der Waals surface area contributed by atoms with Crippen molar-refractivity contribution in [3.63, 3.8) is 0 Å². The minimum atomic E-state index is 0.875. The minimum Gasteiger partial charge on any atom is -0.306 e. The van der Waals surface area contributed by atoms with E-state index in [9.17, 15) is 0 Å². The fraction of sp³-hybridized carbons (Fsp3) is 1.00. The van der Waals surface area contributed by atoms with E-state index >= 15 is 0 Å². The largest absolute Gasteiger partial charge is 0.306 e. The maximum absolute atomic E-state index is 2.39. The molecule has 1 heteroatoms. The van der Waals surface area contributed by atoms with Crippen molar-refractivity contribution in [2.75, 3.05) is 20.1 Å². The normalized spacial score (nSPS) is 13.9. The van der Waals surface area contributed by atoms with Crippen molar-refractivity contribution in [2.24, 2.45) is 5.92 Å². The first-order valence-corrected chi connectivity index (χ1v) is 4.89. The lowest BCUT2D eigenvalue weighted by molar-refractivity contribution is 0.287. The predicted octanol–water partition coefficient (Wildman–Crippen LogP) is 2.76. The topological polar surface area (TPSA) is 3.24 Å². The van der Waals surface area contributed by atoms with E-state index in [4.69, 9.17) is 0 Å². The van der Waals surface area contributed by atoms with Gasteiger partial charge in [-0.15, -0.1) is 0 Å². The molecule has 0 rings (SSSR count). The lowest BCUT2D eigenvalue weighted by Crippen LogP contribution is -2.23. The van der Waals surface area contributed by atoms with Gasteiger partial charge < -0.3 is 4.90 Å². The van der Waals surface area contributed by atoms with E-state index in [0.29, 0.717) is 0 Å². The molecular formula is C10H23N. The molecule has 0 aromatic carbocycles. The average molecular weight is 157 g/mol. The molecule has 0 bridgehead atoms. The first-order valence-electron chi connectivity index (χ1n) is 4.89. The molecule has 0 aliphatic heterocycles. The zero-order valence-electron chi connectivity index (χ0n) is 8.56. The van der Waals surface area contributed by atoms with Gasteiger partial charge in [-0.25, -0.2) is 0 Å². The molecule has 0 aliphatic rings. The van der Waals surface area contributed by atoms with Gasteiger partial charge in [0.05, 0.1) is 0 Å². The highest BCUT2D eigenvalue weighted by Crippen LogP contribution is 2.08. The standard InChI is InChI=1S/C10H23N/c1-5-7-8-10(3)9-11(4)6-2/h10H,5-9H2,1-4H3. The van der Waals surface area contributed by atoms with Crippen LogP contribution in [-0.2, 0) is 0 Å². The summed E-state index contributed by atoms with van der Waals surface area (Å²) in [5.41, 5.74) is 0. The van der Waals surface area contributed by atoms with Crippen molar-refractivity contribution in [3.05, 3.63) is 0 Å². The molecule has 1 atom stereocenters. The number of unbranched alkanes of at least 4 members (excludes halogenated alkanes) is 1. The third-order valence-electron chi connectivity index (χ3n) is 2.21. The van der Waals surface area contributed by atoms with Gasteiger partial charge in [-0.1, -0.05) is 33.6 Å². The van der Waals surface area contributed by atoms with Crippen molar-refractivity contribution in [3.8, 4) is 0 Å². The molecule has 0 aromatic rings. The van der Waals surface area contributed by atoms with Crippen molar-refractivity contribution in [1.29, 1.82) is 0 Å². The van der Waals surface area contributed by atoms with Crippen molar-refractivity contribution in [2.45, 2.75) is 40.0 Å². The van der Waals surface area contributed by atoms with E-state index in [2.05, 4.69) is 32.7 Å². The van der Waals surface area contributed by atoms with Gasteiger partial charge in [0.2, 0.25) is 0 Å². The Morgan fingerprint density at radius 2 is 1.91 bits per heavy atom. The quantitative estimate of drug-likeness (QED) is 0.573. The smallest absolute Gasteiger partial charge is 0.000385 e. The zero-order valence-corrected chi connectivity index (χ0v) is 8.56. The second kappa shape index (κ2) is 6.66. The highest BCUT2D eigenvalue weighted by Gasteiger charge is 2.03. The maximum Gasteiger partial charge on any atom is 0.000385 e. The Balaban J connectivity index is 3.27. The van der Waals surface area contributed by atoms with Crippen LogP contribution in [0.2, 0.25) is 0 Å². The van der Waals surface area contributed by atoms with Crippen LogP contribution in [0.3, 0.4) is 0 Å². The van der Waals surface area contributed by atoms with E-state index in [1.54, 1.807) is 0 Å². The lowest BCUT2D eigenvalue weighted by atomic mass is 10.0. The van der Waals surface area contributed by atoms with Crippen LogP contribution in [0.1, 0.15) is 40.0 Å². The molecule has 0 N–H and O–H groups in total. The Kier molecular flexibility index (Phi) is 6.63. The molecule has 0 aromatic heterocycles. The van der Waals surface area contributed by atoms with E-state index in [1.165, 1.54) is 32.4 Å². The second-order valence-corrected chi connectivity index (χ2v) is 3.60. The highest BCUT2D eigenvalue weighted by molar-refractivity contribution is 4.57. The van der Waals surface area contributed by atoms with Crippen LogP contribution in [0.5, 0.6) is 0 Å². The Labute approximate surface area is 71.8 Å². The third-order valence-corrected chi connectivity index (χ3v) is 2.21. The summed E-state index contributed by atoms with van der Waals surface area (Å²) < 4.78 is 0. The molecule has 0 saturated carbocycles. The molecule has 0 aliphatic carbocycles. The summed E-state index contributed by atoms with van der Waals surface area (Å²) in [7, 11) is 2.20. The van der Waals surface area contributed by atoms with Gasteiger partial charge >= 0.3 is 0 Å². The van der Waals surface area contributed by atoms with Gasteiger partial charge in [0, 0.05) is 6.54 Å². The van der Waals surface area contributed by atoms with Gasteiger partial charge in [0.25, 0.3) is 0 Å². The number of rotatable bonds is 6. The number of hydrogen-bond acceptors (Lipinski definition) is 1. The summed E-state index contributed by atoms with van der Waals surface area (Å²) >= 11 is 0. The Morgan fingerprint density at radius 3 is 2.36 bits per heavy atom. The summed E-state index contributed by atoms with van der Waals surface area (Å²) in [4.78, 5) is 2.39. The SMILES string of the molecule is CCCCC(C)CN(C)CC. The van der Waals surface area contributed by atoms with Crippen LogP contribution < -0.4 is 0 Å². The molecule has 0 spiro atoms. The van der Waals surface area contributed by atoms with Gasteiger partial charge in [0.1, 0.15) is 0 Å². The summed E-state index contributed by atoms with van der Waals surface area (Å²) in [5, 5.41) is 0. The van der Waals surface area contributed by atoms with E-state index < -0.39 is 0 Å². The molecule has 0 amide bonds. The van der Waals surface area contributed by atoms with Crippen molar-refractivity contribution >= 4 is 0 Å². The molecule has 0 saturated heterocycles. The van der Waals surface area contributed by atoms with Crippen LogP contribution in [0.25, 0.3) is 0 Å². The summed E-state index contributed by atoms with van der Waals surface area (Å²) in [5.74, 6) is 0.875. The van der Waals surface area contributed by atoms with Crippen molar-refractivity contribution in [1.82, 2.24) is 4.90 Å². The summed E-state index contributed by atoms with van der Waals surface area (Å²) in [6.07, 6.45) is 4.11. The Bertz CT molecular complexity index is 80.9. The van der Waals surface area contributed by atoms with Crippen LogP contribution >= 0.6 is 0 Å². The molecule has 0 heterocycles. The fourth-order valence-electron chi connectivity index (χ4n) is 1.31. The van der Waals surface area contributed by atoms with Crippen LogP contribution in [0.4, 0.5) is 0 Å². The highest BCUT2D eigenvalue weighted by atomic mass is 15.1. The fourth-order valence-corrected chi connectivity index (χ4v) is 1.31. The number of hydrogen-bond donors (Lipinski definition) is 0. The van der Waals surface area contributed by atoms with Crippen LogP contribution in [-0.4, -0.2) is 25.0 Å². The van der Waals surface area contributed by atoms with Crippen LogP contribution in [0, 0.1) is 5.92 Å². The molecule has 1 unspecified atom stereocenters. The lowest BCUT2D eigenvalue weighted by Gasteiger charge is -2.19. The first-order chi connectivity index (χ1) is 5.20. The molecule has 68 valence electrons. The molecule has 1 nitrogen and oxygen atoms in total. The average Bonchev–Trinajstić information content (AvgIpc) is 2.00. The minimum absolute atomic E-state index is 0.875. The second-order valence-electron chi connectivity index (χ2n) is 3.60. The maximum atomic E-state index is 2.39. The molecule has 0 fully saturated rings. The first kappa shape index (κ1) is 11.0. The van der Waals surface area contributed by atoms with Crippen LogP contribution in [0.15, 0.2) is 0 Å². The molecule has 11 heavy (non-hydrogen) atoms. The monoisotopic (exact) mass is 157 g/mol. The van der Waals surface area contributed by atoms with Gasteiger partial charge in [-0.05, 0) is 25.9 Å². The van der Waals surface area contributed by atoms with E-state index in [-0.39, 0.29) is 0 Å². The number of nitrogens with zero attached hydrogens (tertiary/aromatic N) is 1. The third kappa shape index (κ3) is 6.36. The predicted molar refractivity (Wildman–Crippen MR) is 51.9 cm³/mol. The summed E-state index contributed by atoms with van der Waals surface area (Å²) in [6, 6.07) is 0. The van der Waals surface area contributed by atoms with E-state index in [0.717, 1.165) is 5.92 Å². The Morgan fingerprint density at radius 1 is 1.27 bits per heavy atom. The van der Waals surface area contributed by atoms with Gasteiger partial charge in [-0.2, -0.15) is 0 Å².